The summed E-state index contributed by atoms with van der Waals surface area (Å²) in [6, 6.07) is 20.8. The van der Waals surface area contributed by atoms with Gasteiger partial charge in [0, 0.05) is 18.2 Å². The summed E-state index contributed by atoms with van der Waals surface area (Å²) in [6.45, 7) is 3.38. The summed E-state index contributed by atoms with van der Waals surface area (Å²) < 4.78 is 35.5. The van der Waals surface area contributed by atoms with Crippen LogP contribution >= 0.6 is 0 Å². The van der Waals surface area contributed by atoms with E-state index in [2.05, 4.69) is 4.98 Å². The lowest BCUT2D eigenvalue weighted by Crippen LogP contribution is -2.37. The topological polar surface area (TPSA) is 91.1 Å². The fourth-order valence-electron chi connectivity index (χ4n) is 3.54. The van der Waals surface area contributed by atoms with Gasteiger partial charge in [0.05, 0.1) is 7.11 Å². The summed E-state index contributed by atoms with van der Waals surface area (Å²) in [4.78, 5) is 30.4. The van der Waals surface area contributed by atoms with Gasteiger partial charge < -0.3 is 18.6 Å². The normalized spacial score (nSPS) is 10.6. The Balaban J connectivity index is 1.39. The average molecular weight is 519 g/mol. The molecule has 1 amide bonds. The number of benzene rings is 3. The summed E-state index contributed by atoms with van der Waals surface area (Å²) in [6.07, 6.45) is -0.810. The number of carbonyl (C=O) groups is 2. The molecule has 0 bridgehead atoms. The van der Waals surface area contributed by atoms with Gasteiger partial charge in [-0.1, -0.05) is 36.4 Å². The summed E-state index contributed by atoms with van der Waals surface area (Å²) >= 11 is 0. The van der Waals surface area contributed by atoms with Crippen molar-refractivity contribution in [3.63, 3.8) is 0 Å². The molecule has 0 atom stereocenters. The highest BCUT2D eigenvalue weighted by atomic mass is 19.1. The van der Waals surface area contributed by atoms with E-state index in [4.69, 9.17) is 18.6 Å². The first-order valence-electron chi connectivity index (χ1n) is 11.9. The molecule has 0 saturated carbocycles. The Labute approximate surface area is 219 Å². The maximum Gasteiger partial charge on any atom is 0.416 e. The number of oxazole rings is 1. The van der Waals surface area contributed by atoms with Crippen molar-refractivity contribution in [2.24, 2.45) is 0 Å². The van der Waals surface area contributed by atoms with Gasteiger partial charge in [-0.25, -0.2) is 14.2 Å². The van der Waals surface area contributed by atoms with Crippen molar-refractivity contribution < 1.29 is 32.6 Å². The van der Waals surface area contributed by atoms with E-state index in [1.54, 1.807) is 31.2 Å². The largest absolute Gasteiger partial charge is 0.487 e. The molecule has 0 unspecified atom stereocenters. The predicted molar refractivity (Wildman–Crippen MR) is 137 cm³/mol. The number of ether oxygens (including phenoxy) is 3. The molecular formula is C29H27FN2O6. The molecule has 0 fully saturated rings. The fourth-order valence-corrected chi connectivity index (χ4v) is 3.54. The molecule has 3 aromatic carbocycles. The van der Waals surface area contributed by atoms with Crippen molar-refractivity contribution in [3.05, 3.63) is 101 Å². The molecule has 1 aromatic heterocycles. The fraction of sp³-hybridized carbons (Fsp3) is 0.207. The first-order valence-corrected chi connectivity index (χ1v) is 11.9. The number of esters is 1. The minimum absolute atomic E-state index is 0.0373. The van der Waals surface area contributed by atoms with Crippen molar-refractivity contribution in [2.75, 3.05) is 13.7 Å². The van der Waals surface area contributed by atoms with E-state index in [9.17, 15) is 14.0 Å². The second kappa shape index (κ2) is 12.1. The van der Waals surface area contributed by atoms with Crippen LogP contribution in [0.5, 0.6) is 11.5 Å². The van der Waals surface area contributed by atoms with Crippen molar-refractivity contribution >= 4 is 12.1 Å². The van der Waals surface area contributed by atoms with E-state index >= 15 is 0 Å². The number of hydrogen-bond acceptors (Lipinski definition) is 7. The standard InChI is InChI=1S/C29H27FN2O6/c1-19-9-12-24(15-25(19)30)38-29(34)32(17-27(33)35-3)16-21-10-13-23(14-11-21)36-18-26-20(2)37-28(31-26)22-7-5-4-6-8-22/h4-15H,16-18H2,1-3H3. The van der Waals surface area contributed by atoms with Crippen LogP contribution in [0.2, 0.25) is 0 Å². The third-order valence-electron chi connectivity index (χ3n) is 5.74. The van der Waals surface area contributed by atoms with E-state index in [1.165, 1.54) is 24.1 Å². The Morgan fingerprint density at radius 2 is 1.68 bits per heavy atom. The van der Waals surface area contributed by atoms with E-state index in [-0.39, 0.29) is 25.4 Å². The van der Waals surface area contributed by atoms with Crippen molar-refractivity contribution in [2.45, 2.75) is 27.0 Å². The highest BCUT2D eigenvalue weighted by Crippen LogP contribution is 2.23. The molecule has 0 radical (unpaired) electrons. The number of aromatic nitrogens is 1. The molecule has 9 heteroatoms. The van der Waals surface area contributed by atoms with E-state index in [0.29, 0.717) is 28.7 Å². The lowest BCUT2D eigenvalue weighted by atomic mass is 10.2. The van der Waals surface area contributed by atoms with Gasteiger partial charge in [-0.3, -0.25) is 9.69 Å². The Hall–Kier alpha value is -4.66. The highest BCUT2D eigenvalue weighted by Gasteiger charge is 2.21. The van der Waals surface area contributed by atoms with Gasteiger partial charge in [-0.15, -0.1) is 0 Å². The monoisotopic (exact) mass is 518 g/mol. The minimum atomic E-state index is -0.810. The molecule has 38 heavy (non-hydrogen) atoms. The number of halogens is 1. The van der Waals surface area contributed by atoms with Gasteiger partial charge in [-0.2, -0.15) is 0 Å². The molecule has 1 heterocycles. The van der Waals surface area contributed by atoms with Gasteiger partial charge in [-0.05, 0) is 55.3 Å². The molecule has 0 aliphatic heterocycles. The molecule has 8 nitrogen and oxygen atoms in total. The Morgan fingerprint density at radius 1 is 0.974 bits per heavy atom. The van der Waals surface area contributed by atoms with Gasteiger partial charge in [0.1, 0.15) is 41.9 Å². The molecule has 0 aliphatic carbocycles. The van der Waals surface area contributed by atoms with Crippen LogP contribution in [0.25, 0.3) is 11.5 Å². The van der Waals surface area contributed by atoms with E-state index < -0.39 is 17.9 Å². The van der Waals surface area contributed by atoms with Gasteiger partial charge in [0.15, 0.2) is 0 Å². The summed E-state index contributed by atoms with van der Waals surface area (Å²) in [7, 11) is 1.23. The van der Waals surface area contributed by atoms with Crippen LogP contribution < -0.4 is 9.47 Å². The average Bonchev–Trinajstić information content (AvgIpc) is 3.30. The Bertz CT molecular complexity index is 1400. The van der Waals surface area contributed by atoms with Crippen LogP contribution in [0.3, 0.4) is 0 Å². The van der Waals surface area contributed by atoms with Gasteiger partial charge >= 0.3 is 12.1 Å². The number of rotatable bonds is 9. The predicted octanol–water partition coefficient (Wildman–Crippen LogP) is 5.85. The quantitative estimate of drug-likeness (QED) is 0.257. The second-order valence-corrected chi connectivity index (χ2v) is 8.53. The maximum atomic E-state index is 13.9. The van der Waals surface area contributed by atoms with Crippen LogP contribution in [0.15, 0.2) is 77.2 Å². The summed E-state index contributed by atoms with van der Waals surface area (Å²) in [5, 5.41) is 0. The first-order chi connectivity index (χ1) is 18.3. The Morgan fingerprint density at radius 3 is 2.37 bits per heavy atom. The summed E-state index contributed by atoms with van der Waals surface area (Å²) in [5.41, 5.74) is 2.72. The molecule has 0 spiro atoms. The first kappa shape index (κ1) is 26.4. The zero-order chi connectivity index (χ0) is 27.1. The number of carbonyl (C=O) groups excluding carboxylic acids is 2. The maximum absolute atomic E-state index is 13.9. The van der Waals surface area contributed by atoms with Gasteiger partial charge in [0.2, 0.25) is 5.89 Å². The molecule has 0 N–H and O–H groups in total. The van der Waals surface area contributed by atoms with Crippen LogP contribution in [0.1, 0.15) is 22.6 Å². The van der Waals surface area contributed by atoms with Crippen molar-refractivity contribution in [1.82, 2.24) is 9.88 Å². The van der Waals surface area contributed by atoms with E-state index in [0.717, 1.165) is 17.2 Å². The van der Waals surface area contributed by atoms with Crippen molar-refractivity contribution in [1.29, 1.82) is 0 Å². The molecule has 196 valence electrons. The smallest absolute Gasteiger partial charge is 0.416 e. The third-order valence-corrected chi connectivity index (χ3v) is 5.74. The lowest BCUT2D eigenvalue weighted by Gasteiger charge is -2.21. The molecule has 4 rings (SSSR count). The minimum Gasteiger partial charge on any atom is -0.487 e. The van der Waals surface area contributed by atoms with Gasteiger partial charge in [0.25, 0.3) is 0 Å². The zero-order valence-corrected chi connectivity index (χ0v) is 21.3. The number of hydrogen-bond donors (Lipinski definition) is 0. The lowest BCUT2D eigenvalue weighted by molar-refractivity contribution is -0.141. The SMILES string of the molecule is COC(=O)CN(Cc1ccc(OCc2nc(-c3ccccc3)oc2C)cc1)C(=O)Oc1ccc(C)c(F)c1. The van der Waals surface area contributed by atoms with E-state index in [1.807, 2.05) is 37.3 Å². The third kappa shape index (κ3) is 6.76. The van der Waals surface area contributed by atoms with Crippen LogP contribution in [0.4, 0.5) is 9.18 Å². The van der Waals surface area contributed by atoms with Crippen LogP contribution in [-0.4, -0.2) is 35.6 Å². The van der Waals surface area contributed by atoms with Crippen molar-refractivity contribution in [3.8, 4) is 23.0 Å². The van der Waals surface area contributed by atoms with Crippen LogP contribution in [-0.2, 0) is 22.7 Å². The Kier molecular flexibility index (Phi) is 8.37. The highest BCUT2D eigenvalue weighted by molar-refractivity contribution is 5.79. The summed E-state index contributed by atoms with van der Waals surface area (Å²) in [5.74, 6) is 0.719. The zero-order valence-electron chi connectivity index (χ0n) is 21.3. The number of aryl methyl sites for hydroxylation is 2. The number of nitrogens with zero attached hydrogens (tertiary/aromatic N) is 2. The molecule has 4 aromatic rings. The number of amides is 1. The number of methoxy groups -OCH3 is 1. The second-order valence-electron chi connectivity index (χ2n) is 8.53. The molecular weight excluding hydrogens is 491 g/mol. The van der Waals surface area contributed by atoms with Crippen LogP contribution in [0, 0.1) is 19.7 Å². The molecule has 0 aliphatic rings. The molecule has 0 saturated heterocycles.